The first kappa shape index (κ1) is 9.43. The van der Waals surface area contributed by atoms with Gasteiger partial charge in [0.2, 0.25) is 0 Å². The maximum Gasteiger partial charge on any atom is 0.250 e. The van der Waals surface area contributed by atoms with Crippen LogP contribution in [0.4, 0.5) is 0 Å². The van der Waals surface area contributed by atoms with Crippen LogP contribution in [0, 0.1) is 0 Å². The van der Waals surface area contributed by atoms with Crippen LogP contribution in [0.2, 0.25) is 0 Å². The van der Waals surface area contributed by atoms with Gasteiger partial charge in [-0.2, -0.15) is 0 Å². The number of aromatic nitrogens is 1. The van der Waals surface area contributed by atoms with Crippen LogP contribution in [-0.4, -0.2) is 30.4 Å². The van der Waals surface area contributed by atoms with Gasteiger partial charge in [-0.3, -0.25) is 4.79 Å². The van der Waals surface area contributed by atoms with Gasteiger partial charge >= 0.3 is 0 Å². The lowest BCUT2D eigenvalue weighted by Gasteiger charge is -2.27. The number of ether oxygens (including phenoxy) is 1. The summed E-state index contributed by atoms with van der Waals surface area (Å²) in [4.78, 5) is 11.3. The van der Waals surface area contributed by atoms with Crippen molar-refractivity contribution < 1.29 is 4.74 Å². The highest BCUT2D eigenvalue weighted by Crippen LogP contribution is 1.97. The third kappa shape index (κ3) is 2.21. The third-order valence-corrected chi connectivity index (χ3v) is 2.33. The largest absolute Gasteiger partial charge is 0.374 e. The van der Waals surface area contributed by atoms with Crippen LogP contribution in [0.1, 0.15) is 0 Å². The van der Waals surface area contributed by atoms with Crippen molar-refractivity contribution in [3.05, 3.63) is 34.7 Å². The molecule has 1 aliphatic rings. The van der Waals surface area contributed by atoms with Gasteiger partial charge in [-0.15, -0.1) is 0 Å². The summed E-state index contributed by atoms with van der Waals surface area (Å²) in [5.41, 5.74) is 0.0304. The van der Waals surface area contributed by atoms with Crippen molar-refractivity contribution >= 4 is 0 Å². The average Bonchev–Trinajstić information content (AvgIpc) is 2.12. The zero-order valence-corrected chi connectivity index (χ0v) is 7.98. The van der Waals surface area contributed by atoms with E-state index >= 15 is 0 Å². The number of rotatable bonds is 4. The number of nitrogens with zero attached hydrogens (tertiary/aromatic N) is 1. The van der Waals surface area contributed by atoms with Gasteiger partial charge in [-0.1, -0.05) is 6.07 Å². The molecule has 0 unspecified atom stereocenters. The van der Waals surface area contributed by atoms with Crippen molar-refractivity contribution in [1.82, 2.24) is 9.88 Å². The van der Waals surface area contributed by atoms with Gasteiger partial charge < -0.3 is 14.6 Å². The van der Waals surface area contributed by atoms with E-state index in [1.165, 1.54) is 0 Å². The van der Waals surface area contributed by atoms with Crippen molar-refractivity contribution in [1.29, 1.82) is 0 Å². The Bertz CT molecular complexity index is 344. The van der Waals surface area contributed by atoms with Crippen molar-refractivity contribution in [3.8, 4) is 0 Å². The second kappa shape index (κ2) is 4.39. The predicted octanol–water partition coefficient (Wildman–Crippen LogP) is -0.163. The number of hydrogen-bond donors (Lipinski definition) is 1. The van der Waals surface area contributed by atoms with Crippen LogP contribution >= 0.6 is 0 Å². The van der Waals surface area contributed by atoms with E-state index in [9.17, 15) is 4.79 Å². The molecular weight excluding hydrogens is 180 g/mol. The van der Waals surface area contributed by atoms with E-state index in [2.05, 4.69) is 5.32 Å². The molecule has 0 spiro atoms. The summed E-state index contributed by atoms with van der Waals surface area (Å²) < 4.78 is 7.17. The van der Waals surface area contributed by atoms with Gasteiger partial charge in [-0.05, 0) is 6.07 Å². The molecule has 0 amide bonds. The van der Waals surface area contributed by atoms with Crippen LogP contribution in [-0.2, 0) is 11.3 Å². The van der Waals surface area contributed by atoms with E-state index in [1.54, 1.807) is 22.9 Å². The van der Waals surface area contributed by atoms with Gasteiger partial charge in [0.1, 0.15) is 0 Å². The summed E-state index contributed by atoms with van der Waals surface area (Å²) in [6, 6.07) is 5.16. The summed E-state index contributed by atoms with van der Waals surface area (Å²) in [5.74, 6) is 0. The maximum atomic E-state index is 11.3. The molecule has 1 saturated heterocycles. The Morgan fingerprint density at radius 3 is 3.00 bits per heavy atom. The normalized spacial score (nSPS) is 16.6. The first-order valence-corrected chi connectivity index (χ1v) is 4.84. The predicted molar refractivity (Wildman–Crippen MR) is 53.3 cm³/mol. The number of hydrogen-bond acceptors (Lipinski definition) is 3. The van der Waals surface area contributed by atoms with Gasteiger partial charge in [0.05, 0.1) is 12.7 Å². The molecule has 0 atom stereocenters. The van der Waals surface area contributed by atoms with E-state index in [0.717, 1.165) is 13.1 Å². The zero-order chi connectivity index (χ0) is 9.80. The fourth-order valence-electron chi connectivity index (χ4n) is 1.34. The molecule has 4 nitrogen and oxygen atoms in total. The van der Waals surface area contributed by atoms with Crippen LogP contribution < -0.4 is 10.9 Å². The Labute approximate surface area is 82.5 Å². The first-order valence-electron chi connectivity index (χ1n) is 4.84. The molecule has 14 heavy (non-hydrogen) atoms. The second-order valence-electron chi connectivity index (χ2n) is 3.38. The van der Waals surface area contributed by atoms with Gasteiger partial charge in [-0.25, -0.2) is 0 Å². The monoisotopic (exact) mass is 194 g/mol. The number of pyridine rings is 1. The highest BCUT2D eigenvalue weighted by Gasteiger charge is 2.16. The third-order valence-electron chi connectivity index (χ3n) is 2.33. The van der Waals surface area contributed by atoms with Crippen LogP contribution in [0.3, 0.4) is 0 Å². The van der Waals surface area contributed by atoms with E-state index in [0.29, 0.717) is 19.3 Å². The Kier molecular flexibility index (Phi) is 2.96. The quantitative estimate of drug-likeness (QED) is 0.724. The summed E-state index contributed by atoms with van der Waals surface area (Å²) in [6.45, 7) is 3.11. The van der Waals surface area contributed by atoms with E-state index in [4.69, 9.17) is 4.74 Å². The standard InChI is InChI=1S/C10H14N2O2/c13-10-3-1-2-4-12(10)5-6-14-9-7-11-8-9/h1-4,9,11H,5-8H2. The van der Waals surface area contributed by atoms with E-state index in [-0.39, 0.29) is 5.56 Å². The first-order chi connectivity index (χ1) is 6.86. The molecule has 1 aliphatic heterocycles. The zero-order valence-electron chi connectivity index (χ0n) is 7.98. The lowest BCUT2D eigenvalue weighted by molar-refractivity contribution is 0.0145. The fourth-order valence-corrected chi connectivity index (χ4v) is 1.34. The van der Waals surface area contributed by atoms with Crippen LogP contribution in [0.15, 0.2) is 29.2 Å². The Balaban J connectivity index is 1.79. The second-order valence-corrected chi connectivity index (χ2v) is 3.38. The summed E-state index contributed by atoms with van der Waals surface area (Å²) in [7, 11) is 0. The molecule has 0 radical (unpaired) electrons. The minimum atomic E-state index is 0.0304. The van der Waals surface area contributed by atoms with E-state index < -0.39 is 0 Å². The number of nitrogens with one attached hydrogen (secondary N) is 1. The smallest absolute Gasteiger partial charge is 0.250 e. The summed E-state index contributed by atoms with van der Waals surface area (Å²) >= 11 is 0. The molecule has 2 rings (SSSR count). The molecule has 1 N–H and O–H groups in total. The van der Waals surface area contributed by atoms with Crippen LogP contribution in [0.5, 0.6) is 0 Å². The molecule has 0 bridgehead atoms. The average molecular weight is 194 g/mol. The highest BCUT2D eigenvalue weighted by atomic mass is 16.5. The molecule has 0 aromatic carbocycles. The lowest BCUT2D eigenvalue weighted by atomic mass is 10.2. The Morgan fingerprint density at radius 2 is 2.36 bits per heavy atom. The molecule has 0 saturated carbocycles. The van der Waals surface area contributed by atoms with Crippen molar-refractivity contribution in [2.75, 3.05) is 19.7 Å². The van der Waals surface area contributed by atoms with Crippen molar-refractivity contribution in [3.63, 3.8) is 0 Å². The van der Waals surface area contributed by atoms with E-state index in [1.807, 2.05) is 6.07 Å². The topological polar surface area (TPSA) is 43.3 Å². The minimum absolute atomic E-state index is 0.0304. The Hall–Kier alpha value is -1.13. The van der Waals surface area contributed by atoms with Gasteiger partial charge in [0.25, 0.3) is 5.56 Å². The van der Waals surface area contributed by atoms with Crippen molar-refractivity contribution in [2.24, 2.45) is 0 Å². The molecule has 1 aromatic rings. The van der Waals surface area contributed by atoms with Crippen molar-refractivity contribution in [2.45, 2.75) is 12.6 Å². The summed E-state index contributed by atoms with van der Waals surface area (Å²) in [5, 5.41) is 3.13. The Morgan fingerprint density at radius 1 is 1.50 bits per heavy atom. The lowest BCUT2D eigenvalue weighted by Crippen LogP contribution is -2.48. The SMILES string of the molecule is O=c1ccccn1CCOC1CNC1. The van der Waals surface area contributed by atoms with Gasteiger partial charge in [0, 0.05) is 31.9 Å². The van der Waals surface area contributed by atoms with Gasteiger partial charge in [0.15, 0.2) is 0 Å². The molecule has 4 heteroatoms. The summed E-state index contributed by atoms with van der Waals surface area (Å²) in [6.07, 6.45) is 2.12. The van der Waals surface area contributed by atoms with Crippen LogP contribution in [0.25, 0.3) is 0 Å². The fraction of sp³-hybridized carbons (Fsp3) is 0.500. The molecule has 1 fully saturated rings. The molecule has 2 heterocycles. The minimum Gasteiger partial charge on any atom is -0.374 e. The highest BCUT2D eigenvalue weighted by molar-refractivity contribution is 4.93. The molecule has 76 valence electrons. The molecular formula is C10H14N2O2. The molecule has 0 aliphatic carbocycles. The molecule has 1 aromatic heterocycles. The maximum absolute atomic E-state index is 11.3.